The molecule has 1 aromatic carbocycles. The number of hydrogen-bond acceptors (Lipinski definition) is 5. The van der Waals surface area contributed by atoms with Crippen molar-refractivity contribution >= 4 is 11.8 Å². The number of carboxylic acid groups (broad SMARTS) is 1. The van der Waals surface area contributed by atoms with Crippen LogP contribution in [0.1, 0.15) is 30.6 Å². The minimum atomic E-state index is -1.01. The van der Waals surface area contributed by atoms with Crippen molar-refractivity contribution in [2.24, 2.45) is 5.92 Å². The van der Waals surface area contributed by atoms with Crippen molar-refractivity contribution in [2.75, 3.05) is 13.3 Å². The largest absolute Gasteiger partial charge is 0.481 e. The Balaban J connectivity index is 2.14. The molecule has 6 nitrogen and oxygen atoms in total. The smallest absolute Gasteiger partial charge is 0.305 e. The first-order valence-corrected chi connectivity index (χ1v) is 6.86. The van der Waals surface area contributed by atoms with Crippen LogP contribution in [0.2, 0.25) is 0 Å². The fourth-order valence-corrected chi connectivity index (χ4v) is 2.06. The third-order valence-corrected chi connectivity index (χ3v) is 3.12. The Morgan fingerprint density at radius 3 is 2.67 bits per heavy atom. The standard InChI is InChI=1S/C15H19NO5/c1-9(2)7-16-11(6-14(17)18)15(19)10-3-4-12-13(5-10)21-8-20-12/h3-5,9,11,16H,6-8H2,1-2H3,(H,17,18). The molecule has 1 heterocycles. The third kappa shape index (κ3) is 3.95. The highest BCUT2D eigenvalue weighted by Gasteiger charge is 2.24. The second kappa shape index (κ2) is 6.58. The monoisotopic (exact) mass is 293 g/mol. The summed E-state index contributed by atoms with van der Waals surface area (Å²) in [5.74, 6) is 0.169. The highest BCUT2D eigenvalue weighted by Crippen LogP contribution is 2.32. The Labute approximate surface area is 123 Å². The van der Waals surface area contributed by atoms with Crippen molar-refractivity contribution in [1.82, 2.24) is 5.32 Å². The highest BCUT2D eigenvalue weighted by atomic mass is 16.7. The van der Waals surface area contributed by atoms with E-state index >= 15 is 0 Å². The van der Waals surface area contributed by atoms with Gasteiger partial charge in [0.25, 0.3) is 0 Å². The number of ketones is 1. The molecule has 0 saturated heterocycles. The van der Waals surface area contributed by atoms with Crippen molar-refractivity contribution in [2.45, 2.75) is 26.3 Å². The number of fused-ring (bicyclic) bond motifs is 1. The molecular formula is C15H19NO5. The average Bonchev–Trinajstić information content (AvgIpc) is 2.89. The second-order valence-corrected chi connectivity index (χ2v) is 5.38. The van der Waals surface area contributed by atoms with E-state index in [0.717, 1.165) is 0 Å². The quantitative estimate of drug-likeness (QED) is 0.744. The summed E-state index contributed by atoms with van der Waals surface area (Å²) in [6, 6.07) is 4.14. The number of carboxylic acids is 1. The summed E-state index contributed by atoms with van der Waals surface area (Å²) in [6.45, 7) is 4.71. The number of ether oxygens (including phenoxy) is 2. The summed E-state index contributed by atoms with van der Waals surface area (Å²) in [5, 5.41) is 12.0. The molecule has 2 rings (SSSR count). The molecule has 0 aliphatic carbocycles. The Kier molecular flexibility index (Phi) is 4.80. The zero-order valence-electron chi connectivity index (χ0n) is 12.1. The molecule has 1 unspecified atom stereocenters. The molecule has 1 aliphatic heterocycles. The lowest BCUT2D eigenvalue weighted by Gasteiger charge is -2.17. The van der Waals surface area contributed by atoms with E-state index in [9.17, 15) is 9.59 Å². The summed E-state index contributed by atoms with van der Waals surface area (Å²) in [5.41, 5.74) is 0.418. The van der Waals surface area contributed by atoms with Gasteiger partial charge in [0, 0.05) is 5.56 Å². The molecule has 0 fully saturated rings. The molecule has 0 amide bonds. The van der Waals surface area contributed by atoms with Crippen LogP contribution < -0.4 is 14.8 Å². The van der Waals surface area contributed by atoms with Gasteiger partial charge in [-0.2, -0.15) is 0 Å². The minimum Gasteiger partial charge on any atom is -0.481 e. The van der Waals surface area contributed by atoms with E-state index in [4.69, 9.17) is 14.6 Å². The Morgan fingerprint density at radius 1 is 1.29 bits per heavy atom. The van der Waals surface area contributed by atoms with E-state index < -0.39 is 12.0 Å². The minimum absolute atomic E-state index is 0.136. The van der Waals surface area contributed by atoms with E-state index in [-0.39, 0.29) is 19.0 Å². The predicted molar refractivity (Wildman–Crippen MR) is 75.8 cm³/mol. The van der Waals surface area contributed by atoms with E-state index in [0.29, 0.717) is 29.5 Å². The Bertz CT molecular complexity index is 541. The van der Waals surface area contributed by atoms with Gasteiger partial charge in [0.1, 0.15) is 0 Å². The Hall–Kier alpha value is -2.08. The lowest BCUT2D eigenvalue weighted by molar-refractivity contribution is -0.137. The topological polar surface area (TPSA) is 84.9 Å². The van der Waals surface area contributed by atoms with Crippen molar-refractivity contribution in [3.63, 3.8) is 0 Å². The average molecular weight is 293 g/mol. The lowest BCUT2D eigenvalue weighted by atomic mass is 10.0. The van der Waals surface area contributed by atoms with Crippen molar-refractivity contribution in [1.29, 1.82) is 0 Å². The van der Waals surface area contributed by atoms with Crippen LogP contribution in [0.4, 0.5) is 0 Å². The number of nitrogens with one attached hydrogen (secondary N) is 1. The van der Waals surface area contributed by atoms with Crippen LogP contribution in [0.15, 0.2) is 18.2 Å². The van der Waals surface area contributed by atoms with Gasteiger partial charge >= 0.3 is 5.97 Å². The predicted octanol–water partition coefficient (Wildman–Crippen LogP) is 1.69. The molecule has 2 N–H and O–H groups in total. The first-order valence-electron chi connectivity index (χ1n) is 6.86. The fourth-order valence-electron chi connectivity index (χ4n) is 2.06. The van der Waals surface area contributed by atoms with Crippen LogP contribution >= 0.6 is 0 Å². The maximum Gasteiger partial charge on any atom is 0.305 e. The summed E-state index contributed by atoms with van der Waals surface area (Å²) in [7, 11) is 0. The van der Waals surface area contributed by atoms with Crippen LogP contribution in [0.25, 0.3) is 0 Å². The maximum atomic E-state index is 12.5. The number of aliphatic carboxylic acids is 1. The number of rotatable bonds is 7. The first kappa shape index (κ1) is 15.3. The van der Waals surface area contributed by atoms with E-state index in [1.165, 1.54) is 0 Å². The number of carbonyl (C=O) groups excluding carboxylic acids is 1. The normalized spacial score (nSPS) is 14.2. The van der Waals surface area contributed by atoms with Gasteiger partial charge in [0.05, 0.1) is 12.5 Å². The molecule has 0 saturated carbocycles. The maximum absolute atomic E-state index is 12.5. The van der Waals surface area contributed by atoms with Crippen LogP contribution in [0.5, 0.6) is 11.5 Å². The zero-order chi connectivity index (χ0) is 15.4. The van der Waals surface area contributed by atoms with Gasteiger partial charge in [0.15, 0.2) is 17.3 Å². The van der Waals surface area contributed by atoms with Crippen LogP contribution in [-0.2, 0) is 4.79 Å². The highest BCUT2D eigenvalue weighted by molar-refractivity contribution is 6.02. The van der Waals surface area contributed by atoms with E-state index in [2.05, 4.69) is 5.32 Å². The molecule has 1 aromatic rings. The molecule has 0 radical (unpaired) electrons. The van der Waals surface area contributed by atoms with Gasteiger partial charge in [-0.15, -0.1) is 0 Å². The van der Waals surface area contributed by atoms with Gasteiger partial charge in [0.2, 0.25) is 6.79 Å². The molecule has 0 aromatic heterocycles. The molecule has 114 valence electrons. The third-order valence-electron chi connectivity index (χ3n) is 3.12. The molecule has 21 heavy (non-hydrogen) atoms. The van der Waals surface area contributed by atoms with Crippen molar-refractivity contribution in [3.05, 3.63) is 23.8 Å². The summed E-state index contributed by atoms with van der Waals surface area (Å²) < 4.78 is 10.4. The van der Waals surface area contributed by atoms with Gasteiger partial charge in [-0.3, -0.25) is 9.59 Å². The lowest BCUT2D eigenvalue weighted by Crippen LogP contribution is -2.40. The van der Waals surface area contributed by atoms with Gasteiger partial charge in [-0.25, -0.2) is 0 Å². The first-order chi connectivity index (χ1) is 9.97. The van der Waals surface area contributed by atoms with Crippen LogP contribution in [0.3, 0.4) is 0 Å². The molecular weight excluding hydrogens is 274 g/mol. The van der Waals surface area contributed by atoms with Crippen molar-refractivity contribution in [3.8, 4) is 11.5 Å². The number of carbonyl (C=O) groups is 2. The molecule has 1 atom stereocenters. The van der Waals surface area contributed by atoms with Gasteiger partial charge in [-0.05, 0) is 30.7 Å². The summed E-state index contributed by atoms with van der Waals surface area (Å²) >= 11 is 0. The van der Waals surface area contributed by atoms with Crippen LogP contribution in [-0.4, -0.2) is 36.2 Å². The van der Waals surface area contributed by atoms with Crippen molar-refractivity contribution < 1.29 is 24.2 Å². The van der Waals surface area contributed by atoms with E-state index in [1.54, 1.807) is 18.2 Å². The fraction of sp³-hybridized carbons (Fsp3) is 0.467. The van der Waals surface area contributed by atoms with E-state index in [1.807, 2.05) is 13.8 Å². The number of benzene rings is 1. The number of hydrogen-bond donors (Lipinski definition) is 2. The van der Waals surface area contributed by atoms with Crippen LogP contribution in [0, 0.1) is 5.92 Å². The van der Waals surface area contributed by atoms with Gasteiger partial charge in [-0.1, -0.05) is 13.8 Å². The molecule has 1 aliphatic rings. The van der Waals surface area contributed by atoms with Gasteiger partial charge < -0.3 is 19.9 Å². The summed E-state index contributed by atoms with van der Waals surface area (Å²) in [6.07, 6.45) is -0.250. The SMILES string of the molecule is CC(C)CNC(CC(=O)O)C(=O)c1ccc2c(c1)OCO2. The second-order valence-electron chi connectivity index (χ2n) is 5.38. The molecule has 6 heteroatoms. The summed E-state index contributed by atoms with van der Waals surface area (Å²) in [4.78, 5) is 23.4. The number of Topliss-reactive ketones (excluding diaryl/α,β-unsaturated/α-hetero) is 1. The molecule has 0 bridgehead atoms. The molecule has 0 spiro atoms. The zero-order valence-corrected chi connectivity index (χ0v) is 12.1. The Morgan fingerprint density at radius 2 is 2.00 bits per heavy atom.